The molecule has 1 amide bonds. The summed E-state index contributed by atoms with van der Waals surface area (Å²) in [6.07, 6.45) is 0. The summed E-state index contributed by atoms with van der Waals surface area (Å²) in [5.41, 5.74) is 0.382. The predicted molar refractivity (Wildman–Crippen MR) is 67.6 cm³/mol. The monoisotopic (exact) mass is 283 g/mol. The molecule has 0 aliphatic heterocycles. The van der Waals surface area contributed by atoms with Crippen molar-refractivity contribution in [1.82, 2.24) is 20.2 Å². The average Bonchev–Trinajstić information content (AvgIpc) is 2.82. The Labute approximate surface area is 113 Å². The zero-order valence-corrected chi connectivity index (χ0v) is 11.1. The number of amides is 1. The third-order valence-corrected chi connectivity index (χ3v) is 2.96. The molecule has 2 aromatic rings. The molecule has 0 saturated heterocycles. The molecule has 0 radical (unpaired) electrons. The second-order valence-corrected chi connectivity index (χ2v) is 4.19. The first-order valence-electron chi connectivity index (χ1n) is 5.56. The van der Waals surface area contributed by atoms with Gasteiger partial charge in [-0.05, 0) is 30.7 Å². The van der Waals surface area contributed by atoms with Crippen LogP contribution in [0.25, 0.3) is 0 Å². The first kappa shape index (κ1) is 13.4. The lowest BCUT2D eigenvalue weighted by Crippen LogP contribution is -2.16. The molecule has 0 aliphatic rings. The highest BCUT2D eigenvalue weighted by atomic mass is 35.5. The molecule has 2 rings (SSSR count). The highest BCUT2D eigenvalue weighted by molar-refractivity contribution is 6.35. The van der Waals surface area contributed by atoms with Gasteiger partial charge in [-0.3, -0.25) is 10.1 Å². The summed E-state index contributed by atoms with van der Waals surface area (Å²) < 4.78 is 13.6. The summed E-state index contributed by atoms with van der Waals surface area (Å²) in [4.78, 5) is 13.2. The molecule has 1 aromatic carbocycles. The van der Waals surface area contributed by atoms with Crippen LogP contribution in [0.3, 0.4) is 0 Å². The Morgan fingerprint density at radius 1 is 1.53 bits per heavy atom. The standard InChI is InChI=1S/C11H11ClFN5O/c1-3-18-16-11(15-17-18)14-10(19)8-7(13)5-4-6(2)9(8)12/h4-5H,3H2,1-2H3,(H,14,16,19). The molecule has 19 heavy (non-hydrogen) atoms. The Morgan fingerprint density at radius 3 is 2.89 bits per heavy atom. The largest absolute Gasteiger partial charge is 0.288 e. The van der Waals surface area contributed by atoms with Gasteiger partial charge in [0.15, 0.2) is 0 Å². The van der Waals surface area contributed by atoms with E-state index in [1.54, 1.807) is 6.92 Å². The number of carbonyl (C=O) groups is 1. The van der Waals surface area contributed by atoms with Gasteiger partial charge < -0.3 is 0 Å². The van der Waals surface area contributed by atoms with Crippen molar-refractivity contribution >= 4 is 23.5 Å². The van der Waals surface area contributed by atoms with Crippen molar-refractivity contribution in [3.8, 4) is 0 Å². The summed E-state index contributed by atoms with van der Waals surface area (Å²) in [6, 6.07) is 2.69. The van der Waals surface area contributed by atoms with E-state index in [1.165, 1.54) is 16.9 Å². The maximum absolute atomic E-state index is 13.6. The summed E-state index contributed by atoms with van der Waals surface area (Å²) in [7, 11) is 0. The summed E-state index contributed by atoms with van der Waals surface area (Å²) in [5, 5.41) is 13.6. The summed E-state index contributed by atoms with van der Waals surface area (Å²) in [6.45, 7) is 4.02. The number of nitrogens with zero attached hydrogens (tertiary/aromatic N) is 4. The molecule has 6 nitrogen and oxygen atoms in total. The first-order valence-corrected chi connectivity index (χ1v) is 5.94. The maximum atomic E-state index is 13.6. The second-order valence-electron chi connectivity index (χ2n) is 3.81. The Hall–Kier alpha value is -2.02. The van der Waals surface area contributed by atoms with E-state index in [-0.39, 0.29) is 16.5 Å². The normalized spacial score (nSPS) is 10.5. The van der Waals surface area contributed by atoms with E-state index in [9.17, 15) is 9.18 Å². The lowest BCUT2D eigenvalue weighted by molar-refractivity contribution is 0.102. The van der Waals surface area contributed by atoms with Gasteiger partial charge in [0.05, 0.1) is 17.1 Å². The molecule has 0 atom stereocenters. The van der Waals surface area contributed by atoms with Crippen LogP contribution >= 0.6 is 11.6 Å². The fourth-order valence-corrected chi connectivity index (χ4v) is 1.70. The Balaban J connectivity index is 2.27. The Bertz CT molecular complexity index is 628. The Morgan fingerprint density at radius 2 is 2.26 bits per heavy atom. The SMILES string of the molecule is CCn1nnc(NC(=O)c2c(F)ccc(C)c2Cl)n1. The highest BCUT2D eigenvalue weighted by Crippen LogP contribution is 2.23. The van der Waals surface area contributed by atoms with Crippen molar-refractivity contribution in [3.05, 3.63) is 34.1 Å². The average molecular weight is 284 g/mol. The minimum Gasteiger partial charge on any atom is -0.288 e. The molecular formula is C11H11ClFN5O. The van der Waals surface area contributed by atoms with Crippen molar-refractivity contribution in [2.75, 3.05) is 5.32 Å². The molecule has 1 N–H and O–H groups in total. The van der Waals surface area contributed by atoms with Crippen LogP contribution in [0.15, 0.2) is 12.1 Å². The van der Waals surface area contributed by atoms with Gasteiger partial charge in [-0.1, -0.05) is 22.8 Å². The smallest absolute Gasteiger partial charge is 0.270 e. The molecule has 1 heterocycles. The number of aryl methyl sites for hydroxylation is 2. The molecule has 8 heteroatoms. The first-order chi connectivity index (χ1) is 9.02. The number of halogens is 2. The minimum absolute atomic E-state index is 0.00354. The van der Waals surface area contributed by atoms with Gasteiger partial charge in [0.25, 0.3) is 11.9 Å². The highest BCUT2D eigenvalue weighted by Gasteiger charge is 2.19. The number of rotatable bonds is 3. The van der Waals surface area contributed by atoms with Crippen LogP contribution < -0.4 is 5.32 Å². The van der Waals surface area contributed by atoms with E-state index >= 15 is 0 Å². The van der Waals surface area contributed by atoms with Crippen molar-refractivity contribution in [3.63, 3.8) is 0 Å². The van der Waals surface area contributed by atoms with Gasteiger partial charge in [-0.2, -0.15) is 4.80 Å². The Kier molecular flexibility index (Phi) is 3.75. The third-order valence-electron chi connectivity index (χ3n) is 2.47. The van der Waals surface area contributed by atoms with Gasteiger partial charge in [-0.15, -0.1) is 5.10 Å². The van der Waals surface area contributed by atoms with Crippen molar-refractivity contribution in [2.45, 2.75) is 20.4 Å². The van der Waals surface area contributed by atoms with Crippen molar-refractivity contribution < 1.29 is 9.18 Å². The number of benzene rings is 1. The molecule has 0 fully saturated rings. The summed E-state index contributed by atoms with van der Waals surface area (Å²) >= 11 is 5.93. The van der Waals surface area contributed by atoms with Crippen molar-refractivity contribution in [1.29, 1.82) is 0 Å². The van der Waals surface area contributed by atoms with Gasteiger partial charge in [0.2, 0.25) is 0 Å². The van der Waals surface area contributed by atoms with Crippen molar-refractivity contribution in [2.24, 2.45) is 0 Å². The van der Waals surface area contributed by atoms with E-state index in [1.807, 2.05) is 6.92 Å². The van der Waals surface area contributed by atoms with Gasteiger partial charge in [-0.25, -0.2) is 4.39 Å². The quantitative estimate of drug-likeness (QED) is 0.935. The van der Waals surface area contributed by atoms with E-state index in [4.69, 9.17) is 11.6 Å². The van der Waals surface area contributed by atoms with E-state index < -0.39 is 11.7 Å². The van der Waals surface area contributed by atoms with Gasteiger partial charge in [0.1, 0.15) is 5.82 Å². The molecule has 0 bridgehead atoms. The van der Waals surface area contributed by atoms with Crippen LogP contribution in [0, 0.1) is 12.7 Å². The zero-order valence-electron chi connectivity index (χ0n) is 10.3. The molecule has 100 valence electrons. The molecule has 0 saturated carbocycles. The molecular weight excluding hydrogens is 273 g/mol. The van der Waals surface area contributed by atoms with Crippen LogP contribution in [0.1, 0.15) is 22.8 Å². The van der Waals surface area contributed by atoms with Crippen LogP contribution in [-0.2, 0) is 6.54 Å². The van der Waals surface area contributed by atoms with E-state index in [0.717, 1.165) is 0 Å². The molecule has 0 unspecified atom stereocenters. The fourth-order valence-electron chi connectivity index (χ4n) is 1.46. The number of tetrazole rings is 1. The van der Waals surface area contributed by atoms with Crippen LogP contribution in [-0.4, -0.2) is 26.1 Å². The fraction of sp³-hybridized carbons (Fsp3) is 0.273. The summed E-state index contributed by atoms with van der Waals surface area (Å²) in [5.74, 6) is -1.40. The van der Waals surface area contributed by atoms with E-state index in [2.05, 4.69) is 20.7 Å². The zero-order chi connectivity index (χ0) is 14.0. The van der Waals surface area contributed by atoms with E-state index in [0.29, 0.717) is 12.1 Å². The molecule has 1 aromatic heterocycles. The number of hydrogen-bond acceptors (Lipinski definition) is 4. The number of anilines is 1. The third kappa shape index (κ3) is 2.70. The topological polar surface area (TPSA) is 72.7 Å². The number of carbonyl (C=O) groups excluding carboxylic acids is 1. The van der Waals surface area contributed by atoms with Crippen LogP contribution in [0.4, 0.5) is 10.3 Å². The second kappa shape index (κ2) is 5.31. The number of hydrogen-bond donors (Lipinski definition) is 1. The number of aromatic nitrogens is 4. The molecule has 0 spiro atoms. The minimum atomic E-state index is -0.707. The van der Waals surface area contributed by atoms with Gasteiger partial charge in [0, 0.05) is 0 Å². The van der Waals surface area contributed by atoms with Gasteiger partial charge >= 0.3 is 0 Å². The maximum Gasteiger partial charge on any atom is 0.270 e. The van der Waals surface area contributed by atoms with Crippen LogP contribution in [0.5, 0.6) is 0 Å². The lowest BCUT2D eigenvalue weighted by Gasteiger charge is -2.06. The predicted octanol–water partition coefficient (Wildman–Crippen LogP) is 2.05. The lowest BCUT2D eigenvalue weighted by atomic mass is 10.1. The van der Waals surface area contributed by atoms with Crippen LogP contribution in [0.2, 0.25) is 5.02 Å². The molecule has 0 aliphatic carbocycles. The number of nitrogens with one attached hydrogen (secondary N) is 1.